The van der Waals surface area contributed by atoms with Gasteiger partial charge in [-0.15, -0.1) is 11.3 Å². The molecule has 0 N–H and O–H groups in total. The van der Waals surface area contributed by atoms with Crippen LogP contribution in [0.4, 0.5) is 0 Å². The van der Waals surface area contributed by atoms with Gasteiger partial charge in [0.2, 0.25) is 0 Å². The van der Waals surface area contributed by atoms with E-state index in [1.165, 1.54) is 0 Å². The molecule has 2 aromatic heterocycles. The quantitative estimate of drug-likeness (QED) is 0.622. The first-order chi connectivity index (χ1) is 14.0. The molecule has 1 aliphatic rings. The van der Waals surface area contributed by atoms with Crippen LogP contribution in [-0.4, -0.2) is 41.1 Å². The van der Waals surface area contributed by atoms with Gasteiger partial charge in [-0.25, -0.2) is 4.98 Å². The summed E-state index contributed by atoms with van der Waals surface area (Å²) in [5.41, 5.74) is 3.64. The first-order valence-electron chi connectivity index (χ1n) is 9.63. The fraction of sp³-hybridized carbons (Fsp3) is 0.364. The Morgan fingerprint density at radius 1 is 1.21 bits per heavy atom. The maximum absolute atomic E-state index is 13.4. The SMILES string of the molecule is COc1ccc([C@@H]2CCCN2C(=O)c2cc(-c3csc(C)n3)cn2C)cc1OC. The summed E-state index contributed by atoms with van der Waals surface area (Å²) < 4.78 is 12.7. The highest BCUT2D eigenvalue weighted by atomic mass is 32.1. The number of methoxy groups -OCH3 is 2. The van der Waals surface area contributed by atoms with Crippen LogP contribution < -0.4 is 9.47 Å². The van der Waals surface area contributed by atoms with E-state index in [0.717, 1.165) is 41.2 Å². The maximum atomic E-state index is 13.4. The topological polar surface area (TPSA) is 56.6 Å². The summed E-state index contributed by atoms with van der Waals surface area (Å²) in [7, 11) is 5.17. The molecule has 0 aliphatic carbocycles. The number of nitrogens with zero attached hydrogens (tertiary/aromatic N) is 3. The fourth-order valence-electron chi connectivity index (χ4n) is 3.98. The second-order valence-electron chi connectivity index (χ2n) is 7.25. The van der Waals surface area contributed by atoms with Gasteiger partial charge in [0.15, 0.2) is 11.5 Å². The maximum Gasteiger partial charge on any atom is 0.271 e. The molecule has 7 heteroatoms. The van der Waals surface area contributed by atoms with E-state index in [-0.39, 0.29) is 11.9 Å². The number of carbonyl (C=O) groups is 1. The molecule has 6 nitrogen and oxygen atoms in total. The van der Waals surface area contributed by atoms with E-state index in [0.29, 0.717) is 17.2 Å². The minimum atomic E-state index is 0.0298. The lowest BCUT2D eigenvalue weighted by molar-refractivity contribution is 0.0726. The largest absolute Gasteiger partial charge is 0.493 e. The fourth-order valence-corrected chi connectivity index (χ4v) is 4.60. The lowest BCUT2D eigenvalue weighted by Gasteiger charge is -2.26. The van der Waals surface area contributed by atoms with E-state index < -0.39 is 0 Å². The van der Waals surface area contributed by atoms with Gasteiger partial charge in [-0.3, -0.25) is 4.79 Å². The second-order valence-corrected chi connectivity index (χ2v) is 8.31. The van der Waals surface area contributed by atoms with Crippen LogP contribution in [0.15, 0.2) is 35.8 Å². The van der Waals surface area contributed by atoms with Crippen LogP contribution in [0.1, 0.15) is 39.9 Å². The molecule has 4 rings (SSSR count). The van der Waals surface area contributed by atoms with Crippen LogP contribution in [0.5, 0.6) is 11.5 Å². The van der Waals surface area contributed by atoms with Gasteiger partial charge in [-0.05, 0) is 43.5 Å². The summed E-state index contributed by atoms with van der Waals surface area (Å²) in [5, 5.41) is 3.05. The second kappa shape index (κ2) is 7.91. The third-order valence-corrected chi connectivity index (χ3v) is 6.22. The standard InChI is InChI=1S/C22H25N3O3S/c1-14-23-17(13-29-14)16-10-19(24(2)12-16)22(26)25-9-5-6-18(25)15-7-8-20(27-3)21(11-15)28-4/h7-8,10-13,18H,5-6,9H2,1-4H3/t18-/m0/s1. The van der Waals surface area contributed by atoms with Gasteiger partial charge in [0.25, 0.3) is 5.91 Å². The first-order valence-corrected chi connectivity index (χ1v) is 10.5. The third-order valence-electron chi connectivity index (χ3n) is 5.44. The van der Waals surface area contributed by atoms with Gasteiger partial charge in [-0.1, -0.05) is 6.07 Å². The molecule has 0 unspecified atom stereocenters. The van der Waals surface area contributed by atoms with Crippen molar-refractivity contribution in [1.29, 1.82) is 0 Å². The monoisotopic (exact) mass is 411 g/mol. The number of hydrogen-bond donors (Lipinski definition) is 0. The number of ether oxygens (including phenoxy) is 2. The number of aryl methyl sites for hydroxylation is 2. The molecule has 1 atom stereocenters. The number of benzene rings is 1. The molecule has 1 saturated heterocycles. The van der Waals surface area contributed by atoms with Gasteiger partial charge < -0.3 is 18.9 Å². The Morgan fingerprint density at radius 2 is 2.00 bits per heavy atom. The van der Waals surface area contributed by atoms with Gasteiger partial charge in [-0.2, -0.15) is 0 Å². The van der Waals surface area contributed by atoms with Crippen molar-refractivity contribution in [3.8, 4) is 22.8 Å². The molecule has 0 bridgehead atoms. The van der Waals surface area contributed by atoms with Crippen molar-refractivity contribution in [2.24, 2.45) is 7.05 Å². The van der Waals surface area contributed by atoms with Crippen molar-refractivity contribution in [3.05, 3.63) is 52.1 Å². The van der Waals surface area contributed by atoms with Crippen molar-refractivity contribution in [1.82, 2.24) is 14.5 Å². The van der Waals surface area contributed by atoms with Crippen LogP contribution in [0.25, 0.3) is 11.3 Å². The van der Waals surface area contributed by atoms with Crippen LogP contribution in [-0.2, 0) is 7.05 Å². The third kappa shape index (κ3) is 3.62. The average molecular weight is 412 g/mol. The minimum Gasteiger partial charge on any atom is -0.493 e. The zero-order chi connectivity index (χ0) is 20.5. The van der Waals surface area contributed by atoms with Crippen molar-refractivity contribution in [2.45, 2.75) is 25.8 Å². The molecular weight excluding hydrogens is 386 g/mol. The van der Waals surface area contributed by atoms with Gasteiger partial charge >= 0.3 is 0 Å². The molecule has 152 valence electrons. The Labute approximate surface area is 174 Å². The average Bonchev–Trinajstić information content (AvgIpc) is 3.46. The summed E-state index contributed by atoms with van der Waals surface area (Å²) in [5.74, 6) is 1.42. The molecule has 0 radical (unpaired) electrons. The van der Waals surface area contributed by atoms with Crippen molar-refractivity contribution < 1.29 is 14.3 Å². The van der Waals surface area contributed by atoms with Gasteiger partial charge in [0, 0.05) is 30.7 Å². The van der Waals surface area contributed by atoms with E-state index in [9.17, 15) is 4.79 Å². The molecule has 1 aliphatic heterocycles. The Balaban J connectivity index is 1.62. The number of rotatable bonds is 5. The predicted octanol–water partition coefficient (Wildman–Crippen LogP) is 4.45. The van der Waals surface area contributed by atoms with Crippen LogP contribution in [0, 0.1) is 6.92 Å². The van der Waals surface area contributed by atoms with E-state index >= 15 is 0 Å². The predicted molar refractivity (Wildman–Crippen MR) is 114 cm³/mol. The molecule has 1 amide bonds. The van der Waals surface area contributed by atoms with Gasteiger partial charge in [0.1, 0.15) is 5.69 Å². The van der Waals surface area contributed by atoms with Gasteiger partial charge in [0.05, 0.1) is 31.0 Å². The van der Waals surface area contributed by atoms with Crippen molar-refractivity contribution in [2.75, 3.05) is 20.8 Å². The first kappa shape index (κ1) is 19.5. The molecule has 0 spiro atoms. The zero-order valence-electron chi connectivity index (χ0n) is 17.1. The highest BCUT2D eigenvalue weighted by molar-refractivity contribution is 7.09. The number of likely N-dealkylation sites (tertiary alicyclic amines) is 1. The minimum absolute atomic E-state index is 0.0298. The number of amides is 1. The molecule has 3 aromatic rings. The highest BCUT2D eigenvalue weighted by Crippen LogP contribution is 2.38. The molecule has 3 heterocycles. The van der Waals surface area contributed by atoms with E-state index in [4.69, 9.17) is 9.47 Å². The summed E-state index contributed by atoms with van der Waals surface area (Å²) in [6, 6.07) is 7.87. The lowest BCUT2D eigenvalue weighted by Crippen LogP contribution is -2.31. The van der Waals surface area contributed by atoms with Crippen LogP contribution in [0.2, 0.25) is 0 Å². The summed E-state index contributed by atoms with van der Waals surface area (Å²) in [6.45, 7) is 2.73. The molecule has 0 saturated carbocycles. The number of hydrogen-bond acceptors (Lipinski definition) is 5. The Bertz CT molecular complexity index is 1040. The van der Waals surface area contributed by atoms with E-state index in [1.54, 1.807) is 25.6 Å². The highest BCUT2D eigenvalue weighted by Gasteiger charge is 2.32. The van der Waals surface area contributed by atoms with Crippen molar-refractivity contribution >= 4 is 17.2 Å². The number of carbonyl (C=O) groups excluding carboxylic acids is 1. The molecule has 1 fully saturated rings. The summed E-state index contributed by atoms with van der Waals surface area (Å²) in [4.78, 5) is 19.9. The zero-order valence-corrected chi connectivity index (χ0v) is 18.0. The van der Waals surface area contributed by atoms with Crippen LogP contribution >= 0.6 is 11.3 Å². The number of thiazole rings is 1. The number of aromatic nitrogens is 2. The van der Waals surface area contributed by atoms with Crippen LogP contribution in [0.3, 0.4) is 0 Å². The van der Waals surface area contributed by atoms with Crippen molar-refractivity contribution in [3.63, 3.8) is 0 Å². The molecular formula is C22H25N3O3S. The normalized spacial score (nSPS) is 16.3. The molecule has 29 heavy (non-hydrogen) atoms. The van der Waals surface area contributed by atoms with E-state index in [1.807, 2.05) is 59.3 Å². The lowest BCUT2D eigenvalue weighted by atomic mass is 10.0. The smallest absolute Gasteiger partial charge is 0.271 e. The Kier molecular flexibility index (Phi) is 5.32. The summed E-state index contributed by atoms with van der Waals surface area (Å²) in [6.07, 6.45) is 3.89. The Hall–Kier alpha value is -2.80. The summed E-state index contributed by atoms with van der Waals surface area (Å²) >= 11 is 1.61. The molecule has 1 aromatic carbocycles. The van der Waals surface area contributed by atoms with E-state index in [2.05, 4.69) is 4.98 Å². The Morgan fingerprint density at radius 3 is 2.69 bits per heavy atom.